The predicted octanol–water partition coefficient (Wildman–Crippen LogP) is 4.17. The van der Waals surface area contributed by atoms with E-state index in [-0.39, 0.29) is 10.9 Å². The Morgan fingerprint density at radius 2 is 1.85 bits per heavy atom. The molecule has 4 heteroatoms. The molecule has 1 N–H and O–H groups in total. The SMILES string of the molecule is CC(C)(CC/C(=C/C=O)c1ccc(F)cc1)[Si](C)(C)O. The van der Waals surface area contributed by atoms with Crippen LogP contribution in [0.3, 0.4) is 0 Å². The zero-order valence-corrected chi connectivity index (χ0v) is 13.6. The number of benzene rings is 1. The molecule has 0 saturated heterocycles. The maximum atomic E-state index is 13.0. The van der Waals surface area contributed by atoms with Gasteiger partial charge in [0, 0.05) is 0 Å². The fraction of sp³-hybridized carbons (Fsp3) is 0.438. The zero-order chi connectivity index (χ0) is 15.4. The zero-order valence-electron chi connectivity index (χ0n) is 12.6. The monoisotopic (exact) mass is 294 g/mol. The molecule has 0 radical (unpaired) electrons. The summed E-state index contributed by atoms with van der Waals surface area (Å²) in [6, 6.07) is 6.14. The van der Waals surface area contributed by atoms with Crippen molar-refractivity contribution in [3.63, 3.8) is 0 Å². The maximum Gasteiger partial charge on any atom is 0.188 e. The summed E-state index contributed by atoms with van der Waals surface area (Å²) in [5.74, 6) is -0.288. The Hall–Kier alpha value is -1.26. The van der Waals surface area contributed by atoms with Crippen LogP contribution in [0.5, 0.6) is 0 Å². The largest absolute Gasteiger partial charge is 0.432 e. The highest BCUT2D eigenvalue weighted by Gasteiger charge is 2.37. The number of allylic oxidation sites excluding steroid dienone is 2. The van der Waals surface area contributed by atoms with E-state index in [2.05, 4.69) is 13.8 Å². The fourth-order valence-corrected chi connectivity index (χ4v) is 2.56. The molecule has 0 unspecified atom stereocenters. The molecular weight excluding hydrogens is 271 g/mol. The first-order chi connectivity index (χ1) is 9.17. The third-order valence-corrected chi connectivity index (χ3v) is 7.72. The van der Waals surface area contributed by atoms with E-state index in [1.807, 2.05) is 13.1 Å². The summed E-state index contributed by atoms with van der Waals surface area (Å²) in [7, 11) is -2.26. The Labute approximate surface area is 121 Å². The number of rotatable bonds is 6. The first-order valence-electron chi connectivity index (χ1n) is 6.80. The summed E-state index contributed by atoms with van der Waals surface area (Å²) in [6.45, 7) is 7.97. The molecule has 0 bridgehead atoms. The van der Waals surface area contributed by atoms with Crippen LogP contribution in [0.4, 0.5) is 4.39 Å². The average molecular weight is 294 g/mol. The van der Waals surface area contributed by atoms with Crippen LogP contribution < -0.4 is 0 Å². The van der Waals surface area contributed by atoms with E-state index < -0.39 is 8.32 Å². The first kappa shape index (κ1) is 16.8. The van der Waals surface area contributed by atoms with Crippen molar-refractivity contribution >= 4 is 20.2 Å². The van der Waals surface area contributed by atoms with Gasteiger partial charge in [-0.25, -0.2) is 4.39 Å². The molecule has 0 fully saturated rings. The van der Waals surface area contributed by atoms with E-state index in [0.717, 1.165) is 23.8 Å². The van der Waals surface area contributed by atoms with Gasteiger partial charge in [-0.3, -0.25) is 4.79 Å². The average Bonchev–Trinajstić information content (AvgIpc) is 2.34. The van der Waals surface area contributed by atoms with Crippen molar-refractivity contribution < 1.29 is 14.0 Å². The van der Waals surface area contributed by atoms with Crippen molar-refractivity contribution in [1.82, 2.24) is 0 Å². The van der Waals surface area contributed by atoms with Crippen molar-refractivity contribution in [1.29, 1.82) is 0 Å². The maximum absolute atomic E-state index is 13.0. The lowest BCUT2D eigenvalue weighted by molar-refractivity contribution is -0.104. The van der Waals surface area contributed by atoms with E-state index in [0.29, 0.717) is 6.42 Å². The highest BCUT2D eigenvalue weighted by Crippen LogP contribution is 2.41. The second-order valence-corrected chi connectivity index (χ2v) is 10.7. The third kappa shape index (κ3) is 4.39. The van der Waals surface area contributed by atoms with E-state index in [9.17, 15) is 14.0 Å². The highest BCUT2D eigenvalue weighted by atomic mass is 28.4. The number of hydrogen-bond donors (Lipinski definition) is 1. The summed E-state index contributed by atoms with van der Waals surface area (Å²) in [4.78, 5) is 21.1. The summed E-state index contributed by atoms with van der Waals surface area (Å²) in [5.41, 5.74) is 1.73. The number of halogens is 1. The number of carbonyl (C=O) groups is 1. The van der Waals surface area contributed by atoms with E-state index in [4.69, 9.17) is 0 Å². The molecule has 2 nitrogen and oxygen atoms in total. The Morgan fingerprint density at radius 3 is 2.30 bits per heavy atom. The molecular formula is C16H23FO2Si. The van der Waals surface area contributed by atoms with Gasteiger partial charge in [0.1, 0.15) is 12.1 Å². The third-order valence-electron chi connectivity index (χ3n) is 4.16. The molecule has 0 atom stereocenters. The Balaban J connectivity index is 2.88. The van der Waals surface area contributed by atoms with Crippen LogP contribution in [0.25, 0.3) is 5.57 Å². The van der Waals surface area contributed by atoms with Gasteiger partial charge in [-0.1, -0.05) is 26.0 Å². The van der Waals surface area contributed by atoms with Crippen LogP contribution in [0.1, 0.15) is 32.3 Å². The van der Waals surface area contributed by atoms with Crippen molar-refractivity contribution in [2.24, 2.45) is 0 Å². The molecule has 0 saturated carbocycles. The van der Waals surface area contributed by atoms with Gasteiger partial charge in [0.2, 0.25) is 0 Å². The van der Waals surface area contributed by atoms with Gasteiger partial charge >= 0.3 is 0 Å². The molecule has 0 aromatic heterocycles. The summed E-state index contributed by atoms with van der Waals surface area (Å²) in [6.07, 6.45) is 3.76. The predicted molar refractivity (Wildman–Crippen MR) is 83.4 cm³/mol. The van der Waals surface area contributed by atoms with Gasteiger partial charge in [0.05, 0.1) is 0 Å². The van der Waals surface area contributed by atoms with Gasteiger partial charge in [-0.05, 0) is 60.3 Å². The first-order valence-corrected chi connectivity index (χ1v) is 9.75. The van der Waals surface area contributed by atoms with Crippen molar-refractivity contribution in [2.45, 2.75) is 44.8 Å². The molecule has 1 aromatic rings. The molecule has 0 spiro atoms. The minimum Gasteiger partial charge on any atom is -0.432 e. The molecule has 0 heterocycles. The number of carbonyl (C=O) groups excluding carboxylic acids is 1. The van der Waals surface area contributed by atoms with Crippen LogP contribution in [0.2, 0.25) is 18.1 Å². The van der Waals surface area contributed by atoms with E-state index in [1.165, 1.54) is 18.2 Å². The van der Waals surface area contributed by atoms with Crippen LogP contribution >= 0.6 is 0 Å². The number of aldehydes is 1. The molecule has 0 aliphatic rings. The molecule has 20 heavy (non-hydrogen) atoms. The van der Waals surface area contributed by atoms with Crippen molar-refractivity contribution in [3.8, 4) is 0 Å². The summed E-state index contributed by atoms with van der Waals surface area (Å²) >= 11 is 0. The van der Waals surface area contributed by atoms with Gasteiger partial charge in [0.15, 0.2) is 8.32 Å². The lowest BCUT2D eigenvalue weighted by Gasteiger charge is -2.35. The minimum atomic E-state index is -2.26. The fourth-order valence-electron chi connectivity index (χ4n) is 1.82. The molecule has 1 aromatic carbocycles. The van der Waals surface area contributed by atoms with Crippen molar-refractivity contribution in [3.05, 3.63) is 41.7 Å². The molecule has 0 amide bonds. The van der Waals surface area contributed by atoms with Gasteiger partial charge < -0.3 is 4.80 Å². The Kier molecular flexibility index (Phi) is 5.42. The van der Waals surface area contributed by atoms with Gasteiger partial charge in [0.25, 0.3) is 0 Å². The smallest absolute Gasteiger partial charge is 0.188 e. The minimum absolute atomic E-state index is 0.144. The van der Waals surface area contributed by atoms with Crippen LogP contribution in [-0.4, -0.2) is 19.4 Å². The standard InChI is InChI=1S/C16H23FO2Si/c1-16(2,20(3,4)19)11-9-14(10-12-18)13-5-7-15(17)8-6-13/h5-8,10,12,19H,9,11H2,1-4H3/b14-10-. The van der Waals surface area contributed by atoms with Crippen LogP contribution in [-0.2, 0) is 4.79 Å². The quantitative estimate of drug-likeness (QED) is 0.486. The second-order valence-electron chi connectivity index (χ2n) is 6.28. The second kappa shape index (κ2) is 6.46. The van der Waals surface area contributed by atoms with Gasteiger partial charge in [-0.2, -0.15) is 0 Å². The summed E-state index contributed by atoms with van der Waals surface area (Å²) in [5, 5.41) is -0.144. The van der Waals surface area contributed by atoms with Crippen LogP contribution in [0.15, 0.2) is 30.3 Å². The van der Waals surface area contributed by atoms with Crippen molar-refractivity contribution in [2.75, 3.05) is 0 Å². The topological polar surface area (TPSA) is 37.3 Å². The lowest BCUT2D eigenvalue weighted by atomic mass is 9.96. The Morgan fingerprint density at radius 1 is 1.30 bits per heavy atom. The molecule has 110 valence electrons. The molecule has 0 aliphatic heterocycles. The normalized spacial score (nSPS) is 13.4. The molecule has 1 rings (SSSR count). The van der Waals surface area contributed by atoms with E-state index >= 15 is 0 Å². The number of hydrogen-bond acceptors (Lipinski definition) is 2. The lowest BCUT2D eigenvalue weighted by Crippen LogP contribution is -2.38. The Bertz CT molecular complexity index is 484. The van der Waals surface area contributed by atoms with Gasteiger partial charge in [-0.15, -0.1) is 0 Å². The highest BCUT2D eigenvalue weighted by molar-refractivity contribution is 6.72. The molecule has 0 aliphatic carbocycles. The summed E-state index contributed by atoms with van der Waals surface area (Å²) < 4.78 is 13.0. The van der Waals surface area contributed by atoms with Crippen LogP contribution in [0, 0.1) is 5.82 Å². The van der Waals surface area contributed by atoms with E-state index in [1.54, 1.807) is 12.1 Å².